The summed E-state index contributed by atoms with van der Waals surface area (Å²) >= 11 is 0. The number of aryl methyl sites for hydroxylation is 2. The molecular weight excluding hydrogens is 404 g/mol. The third-order valence-electron chi connectivity index (χ3n) is 6.16. The minimum atomic E-state index is -0.370. The van der Waals surface area contributed by atoms with Gasteiger partial charge in [-0.25, -0.2) is 4.68 Å². The van der Waals surface area contributed by atoms with Crippen molar-refractivity contribution in [2.24, 2.45) is 0 Å². The molecule has 1 aliphatic rings. The first-order valence-electron chi connectivity index (χ1n) is 10.9. The van der Waals surface area contributed by atoms with E-state index in [9.17, 15) is 4.79 Å². The molecule has 0 unspecified atom stereocenters. The molecule has 1 fully saturated rings. The van der Waals surface area contributed by atoms with Gasteiger partial charge in [-0.1, -0.05) is 42.5 Å². The number of aromatic amines is 1. The second kappa shape index (κ2) is 8.64. The van der Waals surface area contributed by atoms with Crippen LogP contribution >= 0.6 is 0 Å². The number of hydrogen-bond acceptors (Lipinski definition) is 6. The van der Waals surface area contributed by atoms with Crippen LogP contribution in [0.15, 0.2) is 53.3 Å². The molecule has 1 N–H and O–H groups in total. The minimum absolute atomic E-state index is 0.114. The Morgan fingerprint density at radius 1 is 1.06 bits per heavy atom. The second-order valence-corrected chi connectivity index (χ2v) is 8.27. The van der Waals surface area contributed by atoms with Crippen LogP contribution in [0.5, 0.6) is 0 Å². The van der Waals surface area contributed by atoms with Gasteiger partial charge < -0.3 is 9.72 Å². The number of tetrazole rings is 1. The highest BCUT2D eigenvalue weighted by Crippen LogP contribution is 2.29. The van der Waals surface area contributed by atoms with Gasteiger partial charge in [0.15, 0.2) is 5.82 Å². The normalized spacial score (nSPS) is 15.8. The summed E-state index contributed by atoms with van der Waals surface area (Å²) in [4.78, 5) is 18.7. The fourth-order valence-corrected chi connectivity index (χ4v) is 4.41. The summed E-state index contributed by atoms with van der Waals surface area (Å²) in [5.41, 5.74) is 4.68. The zero-order valence-electron chi connectivity index (χ0n) is 18.3. The summed E-state index contributed by atoms with van der Waals surface area (Å²) in [5.74, 6) is 0.658. The van der Waals surface area contributed by atoms with Gasteiger partial charge >= 0.3 is 0 Å². The van der Waals surface area contributed by atoms with Crippen molar-refractivity contribution < 1.29 is 4.74 Å². The Labute approximate surface area is 185 Å². The van der Waals surface area contributed by atoms with Crippen LogP contribution in [0.25, 0.3) is 10.9 Å². The molecule has 2 aromatic carbocycles. The minimum Gasteiger partial charge on any atom is -0.379 e. The molecule has 0 aliphatic carbocycles. The van der Waals surface area contributed by atoms with E-state index in [-0.39, 0.29) is 11.6 Å². The number of nitrogens with zero attached hydrogens (tertiary/aromatic N) is 5. The van der Waals surface area contributed by atoms with Crippen LogP contribution in [0.3, 0.4) is 0 Å². The molecule has 0 spiro atoms. The van der Waals surface area contributed by atoms with Crippen LogP contribution in [0, 0.1) is 13.8 Å². The number of aromatic nitrogens is 5. The predicted octanol–water partition coefficient (Wildman–Crippen LogP) is 2.60. The molecule has 1 atom stereocenters. The first-order chi connectivity index (χ1) is 15.6. The molecule has 5 rings (SSSR count). The molecule has 1 aliphatic heterocycles. The van der Waals surface area contributed by atoms with Gasteiger partial charge in [-0.2, -0.15) is 0 Å². The number of H-pyrrole nitrogens is 1. The fourth-order valence-electron chi connectivity index (χ4n) is 4.41. The number of rotatable bonds is 5. The van der Waals surface area contributed by atoms with E-state index in [2.05, 4.69) is 38.4 Å². The summed E-state index contributed by atoms with van der Waals surface area (Å²) in [7, 11) is 0. The number of fused-ring (bicyclic) bond motifs is 1. The summed E-state index contributed by atoms with van der Waals surface area (Å²) < 4.78 is 7.37. The quantitative estimate of drug-likeness (QED) is 0.524. The standard InChI is InChI=1S/C24H26N6O2/c1-16-8-9-17(2)21-19(16)14-20(24(31)25-21)22(29-10-12-32-13-11-29)23-26-27-28-30(23)15-18-6-4-3-5-7-18/h3-9,14,22H,10-13,15H2,1-2H3,(H,25,31)/t22-/m0/s1. The van der Waals surface area contributed by atoms with Crippen molar-refractivity contribution in [3.63, 3.8) is 0 Å². The summed E-state index contributed by atoms with van der Waals surface area (Å²) in [5, 5.41) is 13.7. The van der Waals surface area contributed by atoms with E-state index in [4.69, 9.17) is 4.74 Å². The maximum atomic E-state index is 13.4. The van der Waals surface area contributed by atoms with Gasteiger partial charge in [0.25, 0.3) is 5.56 Å². The lowest BCUT2D eigenvalue weighted by Crippen LogP contribution is -2.42. The molecule has 4 aromatic rings. The Hall–Kier alpha value is -3.36. The van der Waals surface area contributed by atoms with Crippen molar-refractivity contribution in [1.82, 2.24) is 30.1 Å². The third kappa shape index (κ3) is 3.83. The molecule has 8 heteroatoms. The van der Waals surface area contributed by atoms with Crippen LogP contribution in [-0.2, 0) is 11.3 Å². The number of ether oxygens (including phenoxy) is 1. The largest absolute Gasteiger partial charge is 0.379 e. The molecule has 0 radical (unpaired) electrons. The van der Waals surface area contributed by atoms with E-state index in [1.54, 1.807) is 4.68 Å². The van der Waals surface area contributed by atoms with Gasteiger partial charge in [0.05, 0.1) is 25.3 Å². The summed E-state index contributed by atoms with van der Waals surface area (Å²) in [6.07, 6.45) is 0. The number of morpholine rings is 1. The molecule has 0 amide bonds. The van der Waals surface area contributed by atoms with Gasteiger partial charge in [0.1, 0.15) is 6.04 Å². The van der Waals surface area contributed by atoms with E-state index in [0.717, 1.165) is 27.6 Å². The topological polar surface area (TPSA) is 88.9 Å². The van der Waals surface area contributed by atoms with Crippen molar-refractivity contribution in [2.45, 2.75) is 26.4 Å². The predicted molar refractivity (Wildman–Crippen MR) is 122 cm³/mol. The van der Waals surface area contributed by atoms with Gasteiger partial charge in [-0.15, -0.1) is 5.10 Å². The Kier molecular flexibility index (Phi) is 5.55. The lowest BCUT2D eigenvalue weighted by molar-refractivity contribution is 0.0214. The van der Waals surface area contributed by atoms with Gasteiger partial charge in [-0.05, 0) is 47.0 Å². The Bertz CT molecular complexity index is 1290. The SMILES string of the molecule is Cc1ccc(C)c2[nH]c(=O)c([C@@H](c3nnnn3Cc3ccccc3)N3CCOCC3)cc12. The zero-order valence-corrected chi connectivity index (χ0v) is 18.3. The highest BCUT2D eigenvalue weighted by Gasteiger charge is 2.31. The van der Waals surface area contributed by atoms with Crippen LogP contribution in [-0.4, -0.2) is 56.4 Å². The maximum Gasteiger partial charge on any atom is 0.253 e. The molecule has 2 aromatic heterocycles. The molecule has 0 saturated carbocycles. The number of pyridine rings is 1. The smallest absolute Gasteiger partial charge is 0.253 e. The van der Waals surface area contributed by atoms with E-state index in [1.807, 2.05) is 49.4 Å². The molecule has 8 nitrogen and oxygen atoms in total. The Morgan fingerprint density at radius 2 is 1.81 bits per heavy atom. The number of benzene rings is 2. The van der Waals surface area contributed by atoms with E-state index in [1.165, 1.54) is 0 Å². The van der Waals surface area contributed by atoms with Gasteiger partial charge in [-0.3, -0.25) is 9.69 Å². The van der Waals surface area contributed by atoms with E-state index in [0.29, 0.717) is 44.2 Å². The van der Waals surface area contributed by atoms with Crippen molar-refractivity contribution in [3.05, 3.63) is 87.0 Å². The molecule has 3 heterocycles. The van der Waals surface area contributed by atoms with E-state index >= 15 is 0 Å². The average Bonchev–Trinajstić information content (AvgIpc) is 3.26. The van der Waals surface area contributed by atoms with Gasteiger partial charge in [0, 0.05) is 24.0 Å². The molecule has 32 heavy (non-hydrogen) atoms. The highest BCUT2D eigenvalue weighted by atomic mass is 16.5. The number of nitrogens with one attached hydrogen (secondary N) is 1. The maximum absolute atomic E-state index is 13.4. The highest BCUT2D eigenvalue weighted by molar-refractivity contribution is 5.85. The van der Waals surface area contributed by atoms with Crippen LogP contribution in [0.2, 0.25) is 0 Å². The molecular formula is C24H26N6O2. The lowest BCUT2D eigenvalue weighted by atomic mass is 9.99. The van der Waals surface area contributed by atoms with Crippen molar-refractivity contribution in [1.29, 1.82) is 0 Å². The third-order valence-corrected chi connectivity index (χ3v) is 6.16. The van der Waals surface area contributed by atoms with Crippen molar-refractivity contribution >= 4 is 10.9 Å². The molecule has 164 valence electrons. The number of hydrogen-bond donors (Lipinski definition) is 1. The summed E-state index contributed by atoms with van der Waals surface area (Å²) in [6, 6.07) is 15.8. The van der Waals surface area contributed by atoms with Crippen LogP contribution in [0.4, 0.5) is 0 Å². The van der Waals surface area contributed by atoms with Crippen molar-refractivity contribution in [2.75, 3.05) is 26.3 Å². The summed E-state index contributed by atoms with van der Waals surface area (Å²) in [6.45, 7) is 7.24. The second-order valence-electron chi connectivity index (χ2n) is 8.27. The molecule has 1 saturated heterocycles. The first-order valence-corrected chi connectivity index (χ1v) is 10.9. The lowest BCUT2D eigenvalue weighted by Gasteiger charge is -2.33. The Balaban J connectivity index is 1.65. The van der Waals surface area contributed by atoms with Crippen LogP contribution < -0.4 is 5.56 Å². The Morgan fingerprint density at radius 3 is 2.59 bits per heavy atom. The monoisotopic (exact) mass is 430 g/mol. The molecule has 0 bridgehead atoms. The first kappa shape index (κ1) is 20.5. The van der Waals surface area contributed by atoms with Crippen molar-refractivity contribution in [3.8, 4) is 0 Å². The van der Waals surface area contributed by atoms with Crippen LogP contribution in [0.1, 0.15) is 34.1 Å². The van der Waals surface area contributed by atoms with Gasteiger partial charge in [0.2, 0.25) is 0 Å². The zero-order chi connectivity index (χ0) is 22.1. The average molecular weight is 431 g/mol. The fraction of sp³-hybridized carbons (Fsp3) is 0.333. The van der Waals surface area contributed by atoms with E-state index < -0.39 is 0 Å².